The van der Waals surface area contributed by atoms with Crippen LogP contribution in [-0.4, -0.2) is 45.3 Å². The van der Waals surface area contributed by atoms with Crippen LogP contribution in [0.5, 0.6) is 0 Å². The van der Waals surface area contributed by atoms with Gasteiger partial charge < -0.3 is 9.80 Å². The summed E-state index contributed by atoms with van der Waals surface area (Å²) < 4.78 is 26.8. The SMILES string of the molecule is Cc1cc(F)cc2[nH]nc(N3CCN(c4ncc(F)cn4)CC34CC4)c12. The maximum absolute atomic E-state index is 13.7. The number of aryl methyl sites for hydroxylation is 1. The highest BCUT2D eigenvalue weighted by Gasteiger charge is 2.52. The van der Waals surface area contributed by atoms with Crippen molar-refractivity contribution in [3.8, 4) is 0 Å². The maximum atomic E-state index is 13.7. The van der Waals surface area contributed by atoms with Crippen LogP contribution in [0.1, 0.15) is 18.4 Å². The summed E-state index contributed by atoms with van der Waals surface area (Å²) in [6.07, 6.45) is 4.51. The number of hydrogen-bond acceptors (Lipinski definition) is 5. The summed E-state index contributed by atoms with van der Waals surface area (Å²) in [4.78, 5) is 12.7. The van der Waals surface area contributed by atoms with Crippen LogP contribution < -0.4 is 9.80 Å². The molecule has 1 aliphatic carbocycles. The molecule has 1 saturated heterocycles. The monoisotopic (exact) mass is 356 g/mol. The maximum Gasteiger partial charge on any atom is 0.225 e. The van der Waals surface area contributed by atoms with Crippen LogP contribution in [-0.2, 0) is 0 Å². The Labute approximate surface area is 148 Å². The number of rotatable bonds is 2. The molecule has 26 heavy (non-hydrogen) atoms. The molecule has 1 saturated carbocycles. The first-order chi connectivity index (χ1) is 12.6. The number of aromatic amines is 1. The van der Waals surface area contributed by atoms with Gasteiger partial charge in [-0.2, -0.15) is 5.10 Å². The molecule has 0 atom stereocenters. The molecule has 1 spiro atoms. The summed E-state index contributed by atoms with van der Waals surface area (Å²) in [6.45, 7) is 4.17. The zero-order valence-corrected chi connectivity index (χ0v) is 14.3. The van der Waals surface area contributed by atoms with Crippen molar-refractivity contribution in [1.82, 2.24) is 20.2 Å². The number of piperazine rings is 1. The van der Waals surface area contributed by atoms with Gasteiger partial charge in [-0.1, -0.05) is 0 Å². The second-order valence-electron chi connectivity index (χ2n) is 7.19. The van der Waals surface area contributed by atoms with Gasteiger partial charge in [0.25, 0.3) is 0 Å². The van der Waals surface area contributed by atoms with Crippen LogP contribution in [0.25, 0.3) is 10.9 Å². The van der Waals surface area contributed by atoms with Crippen LogP contribution >= 0.6 is 0 Å². The van der Waals surface area contributed by atoms with Crippen LogP contribution in [0.2, 0.25) is 0 Å². The number of nitrogens with zero attached hydrogens (tertiary/aromatic N) is 5. The van der Waals surface area contributed by atoms with Crippen molar-refractivity contribution in [2.45, 2.75) is 25.3 Å². The molecular formula is C18H18F2N6. The Morgan fingerprint density at radius 3 is 2.58 bits per heavy atom. The summed E-state index contributed by atoms with van der Waals surface area (Å²) in [5, 5.41) is 8.45. The zero-order chi connectivity index (χ0) is 17.9. The van der Waals surface area contributed by atoms with Crippen LogP contribution in [0.4, 0.5) is 20.5 Å². The summed E-state index contributed by atoms with van der Waals surface area (Å²) >= 11 is 0. The molecular weight excluding hydrogens is 338 g/mol. The van der Waals surface area contributed by atoms with Crippen molar-refractivity contribution in [2.24, 2.45) is 0 Å². The molecule has 6 nitrogen and oxygen atoms in total. The van der Waals surface area contributed by atoms with E-state index in [0.29, 0.717) is 5.95 Å². The van der Waals surface area contributed by atoms with Crippen molar-refractivity contribution in [3.05, 3.63) is 41.7 Å². The highest BCUT2D eigenvalue weighted by atomic mass is 19.1. The molecule has 2 aromatic heterocycles. The van der Waals surface area contributed by atoms with Crippen LogP contribution in [0.3, 0.4) is 0 Å². The Morgan fingerprint density at radius 2 is 1.85 bits per heavy atom. The molecule has 1 N–H and O–H groups in total. The molecule has 3 aromatic rings. The van der Waals surface area contributed by atoms with E-state index in [-0.39, 0.29) is 11.4 Å². The molecule has 0 amide bonds. The lowest BCUT2D eigenvalue weighted by atomic mass is 10.1. The number of H-pyrrole nitrogens is 1. The standard InChI is InChI=1S/C18H18F2N6/c1-11-6-12(19)7-14-15(11)16(24-23-14)26-5-4-25(10-18(26)2-3-18)17-21-8-13(20)9-22-17/h6-9H,2-5,10H2,1H3,(H,23,24). The highest BCUT2D eigenvalue weighted by molar-refractivity contribution is 5.93. The molecule has 2 aliphatic rings. The van der Waals surface area contributed by atoms with Gasteiger partial charge in [0.05, 0.1) is 23.4 Å². The number of benzene rings is 1. The lowest BCUT2D eigenvalue weighted by Gasteiger charge is -2.42. The van der Waals surface area contributed by atoms with E-state index in [1.54, 1.807) is 6.07 Å². The van der Waals surface area contributed by atoms with Crippen molar-refractivity contribution in [3.63, 3.8) is 0 Å². The number of anilines is 2. The first-order valence-corrected chi connectivity index (χ1v) is 8.70. The first kappa shape index (κ1) is 15.5. The summed E-state index contributed by atoms with van der Waals surface area (Å²) in [6, 6.07) is 3.03. The van der Waals surface area contributed by atoms with E-state index in [0.717, 1.165) is 54.8 Å². The van der Waals surface area contributed by atoms with E-state index in [1.165, 1.54) is 18.5 Å². The molecule has 0 radical (unpaired) electrons. The van der Waals surface area contributed by atoms with Gasteiger partial charge in [0, 0.05) is 25.0 Å². The third-order valence-corrected chi connectivity index (χ3v) is 5.43. The topological polar surface area (TPSA) is 60.9 Å². The van der Waals surface area contributed by atoms with Gasteiger partial charge in [-0.15, -0.1) is 0 Å². The molecule has 2 fully saturated rings. The van der Waals surface area contributed by atoms with Gasteiger partial charge >= 0.3 is 0 Å². The number of fused-ring (bicyclic) bond motifs is 1. The largest absolute Gasteiger partial charge is 0.345 e. The quantitative estimate of drug-likeness (QED) is 0.765. The van der Waals surface area contributed by atoms with E-state index in [1.807, 2.05) is 6.92 Å². The van der Waals surface area contributed by atoms with Crippen LogP contribution in [0, 0.1) is 18.6 Å². The number of nitrogens with one attached hydrogen (secondary N) is 1. The fourth-order valence-corrected chi connectivity index (χ4v) is 4.01. The molecule has 0 bridgehead atoms. The Kier molecular flexibility index (Phi) is 3.19. The fourth-order valence-electron chi connectivity index (χ4n) is 4.01. The van der Waals surface area contributed by atoms with Gasteiger partial charge in [0.1, 0.15) is 5.82 Å². The van der Waals surface area contributed by atoms with E-state index in [4.69, 9.17) is 0 Å². The third-order valence-electron chi connectivity index (χ3n) is 5.43. The zero-order valence-electron chi connectivity index (χ0n) is 14.3. The van der Waals surface area contributed by atoms with Crippen molar-refractivity contribution < 1.29 is 8.78 Å². The van der Waals surface area contributed by atoms with E-state index in [2.05, 4.69) is 30.0 Å². The predicted octanol–water partition coefficient (Wildman–Crippen LogP) is 2.80. The number of halogens is 2. The molecule has 3 heterocycles. The molecule has 0 unspecified atom stereocenters. The average molecular weight is 356 g/mol. The number of aromatic nitrogens is 4. The Balaban J connectivity index is 1.48. The smallest absolute Gasteiger partial charge is 0.225 e. The Bertz CT molecular complexity index is 979. The molecule has 1 aromatic carbocycles. The molecule has 1 aliphatic heterocycles. The van der Waals surface area contributed by atoms with E-state index in [9.17, 15) is 8.78 Å². The highest BCUT2D eigenvalue weighted by Crippen LogP contribution is 2.48. The van der Waals surface area contributed by atoms with Crippen molar-refractivity contribution >= 4 is 22.7 Å². The minimum Gasteiger partial charge on any atom is -0.345 e. The fraction of sp³-hybridized carbons (Fsp3) is 0.389. The first-order valence-electron chi connectivity index (χ1n) is 8.70. The van der Waals surface area contributed by atoms with E-state index < -0.39 is 5.82 Å². The molecule has 5 rings (SSSR count). The summed E-state index contributed by atoms with van der Waals surface area (Å²) in [5.74, 6) is 0.751. The summed E-state index contributed by atoms with van der Waals surface area (Å²) in [7, 11) is 0. The van der Waals surface area contributed by atoms with Gasteiger partial charge in [0.2, 0.25) is 5.95 Å². The minimum absolute atomic E-state index is 0.0149. The minimum atomic E-state index is -0.431. The Morgan fingerprint density at radius 1 is 1.08 bits per heavy atom. The molecule has 8 heteroatoms. The Hall–Kier alpha value is -2.77. The van der Waals surface area contributed by atoms with Crippen LogP contribution in [0.15, 0.2) is 24.5 Å². The number of hydrogen-bond donors (Lipinski definition) is 1. The van der Waals surface area contributed by atoms with Gasteiger partial charge in [-0.05, 0) is 37.5 Å². The predicted molar refractivity (Wildman–Crippen MR) is 94.3 cm³/mol. The summed E-state index contributed by atoms with van der Waals surface area (Å²) in [5.41, 5.74) is 1.58. The normalized spacial score (nSPS) is 18.7. The van der Waals surface area contributed by atoms with Crippen molar-refractivity contribution in [2.75, 3.05) is 29.4 Å². The second kappa shape index (κ2) is 5.36. The average Bonchev–Trinajstić information content (AvgIpc) is 3.24. The van der Waals surface area contributed by atoms with Gasteiger partial charge in [-0.25, -0.2) is 18.7 Å². The second-order valence-corrected chi connectivity index (χ2v) is 7.19. The van der Waals surface area contributed by atoms with E-state index >= 15 is 0 Å². The van der Waals surface area contributed by atoms with Gasteiger partial charge in [-0.3, -0.25) is 5.10 Å². The third kappa shape index (κ3) is 2.32. The lowest BCUT2D eigenvalue weighted by molar-refractivity contribution is 0.498. The lowest BCUT2D eigenvalue weighted by Crippen LogP contribution is -2.56. The molecule has 134 valence electrons. The van der Waals surface area contributed by atoms with Gasteiger partial charge in [0.15, 0.2) is 11.6 Å². The van der Waals surface area contributed by atoms with Crippen molar-refractivity contribution in [1.29, 1.82) is 0 Å².